The lowest BCUT2D eigenvalue weighted by atomic mass is 9.88. The molecular formula is C30H34BrN4O+. The number of nitrogens with one attached hydrogen (secondary N) is 1. The minimum absolute atomic E-state index is 0.221. The van der Waals surface area contributed by atoms with Crippen molar-refractivity contribution in [2.45, 2.75) is 32.2 Å². The molecule has 5 nitrogen and oxygen atoms in total. The van der Waals surface area contributed by atoms with Gasteiger partial charge in [-0.15, -0.1) is 0 Å². The van der Waals surface area contributed by atoms with Crippen molar-refractivity contribution in [3.63, 3.8) is 0 Å². The molecule has 0 unspecified atom stereocenters. The molecule has 0 saturated carbocycles. The highest BCUT2D eigenvalue weighted by Gasteiger charge is 2.33. The van der Waals surface area contributed by atoms with Crippen LogP contribution in [0.2, 0.25) is 0 Å². The third-order valence-corrected chi connectivity index (χ3v) is 7.95. The average Bonchev–Trinajstić information content (AvgIpc) is 2.93. The normalized spacial score (nSPS) is 19.3. The van der Waals surface area contributed by atoms with Gasteiger partial charge in [-0.3, -0.25) is 0 Å². The summed E-state index contributed by atoms with van der Waals surface area (Å²) in [5.74, 6) is 0.736. The molecule has 0 bridgehead atoms. The van der Waals surface area contributed by atoms with E-state index in [0.717, 1.165) is 36.3 Å². The highest BCUT2D eigenvalue weighted by Crippen LogP contribution is 2.29. The van der Waals surface area contributed by atoms with Crippen LogP contribution in [-0.2, 0) is 13.0 Å². The first-order valence-electron chi connectivity index (χ1n) is 12.7. The third-order valence-electron chi connectivity index (χ3n) is 7.22. The molecule has 4 rings (SSSR count). The zero-order chi connectivity index (χ0) is 25.2. The highest BCUT2D eigenvalue weighted by molar-refractivity contribution is 9.10. The van der Waals surface area contributed by atoms with Crippen molar-refractivity contribution in [1.29, 1.82) is 5.26 Å². The summed E-state index contributed by atoms with van der Waals surface area (Å²) in [7, 11) is 0. The van der Waals surface area contributed by atoms with E-state index in [-0.39, 0.29) is 6.03 Å². The minimum atomic E-state index is -0.221. The average molecular weight is 547 g/mol. The third kappa shape index (κ3) is 7.19. The smallest absolute Gasteiger partial charge is 0.332 e. The monoisotopic (exact) mass is 545 g/mol. The van der Waals surface area contributed by atoms with Crippen molar-refractivity contribution in [3.8, 4) is 6.07 Å². The Morgan fingerprint density at radius 3 is 2.31 bits per heavy atom. The molecule has 1 N–H and O–H groups in total. The number of hydrogen-bond donors (Lipinski definition) is 1. The number of halogens is 1. The van der Waals surface area contributed by atoms with E-state index in [1.54, 1.807) is 24.3 Å². The molecule has 0 radical (unpaired) electrons. The summed E-state index contributed by atoms with van der Waals surface area (Å²) < 4.78 is 2.46. The van der Waals surface area contributed by atoms with E-state index in [0.29, 0.717) is 17.8 Å². The van der Waals surface area contributed by atoms with Gasteiger partial charge < -0.3 is 9.80 Å². The molecular weight excluding hydrogens is 512 g/mol. The summed E-state index contributed by atoms with van der Waals surface area (Å²) in [6.45, 7) is 5.04. The van der Waals surface area contributed by atoms with Crippen LogP contribution in [0.3, 0.4) is 0 Å². The largest absolute Gasteiger partial charge is 0.337 e. The van der Waals surface area contributed by atoms with Crippen molar-refractivity contribution < 1.29 is 9.28 Å². The van der Waals surface area contributed by atoms with E-state index in [1.807, 2.05) is 0 Å². The quantitative estimate of drug-likeness (QED) is 0.191. The number of hydrogen-bond acceptors (Lipinski definition) is 2. The second-order valence-corrected chi connectivity index (χ2v) is 10.5. The molecule has 3 aromatic carbocycles. The summed E-state index contributed by atoms with van der Waals surface area (Å²) >= 11 is 3.34. The Balaban J connectivity index is 1.32. The standard InChI is InChI=1S/C30H33BrN4O/c31-34(29-14-7-13-28(22-29)23-32)30(36)33-17-8-18-35(24-27-11-5-2-6-12-27)19-15-26(16-20-35)21-25-9-3-1-4-10-25/h1-7,9-14,22,26H,8,15-21,24H2/p+1. The Labute approximate surface area is 223 Å². The first-order chi connectivity index (χ1) is 17.6. The van der Waals surface area contributed by atoms with E-state index in [4.69, 9.17) is 5.26 Å². The molecule has 1 fully saturated rings. The summed E-state index contributed by atoms with van der Waals surface area (Å²) in [6, 6.07) is 30.5. The summed E-state index contributed by atoms with van der Waals surface area (Å²) in [4.78, 5) is 12.7. The predicted octanol–water partition coefficient (Wildman–Crippen LogP) is 6.44. The Kier molecular flexibility index (Phi) is 9.16. The van der Waals surface area contributed by atoms with Crippen LogP contribution in [0, 0.1) is 17.2 Å². The molecule has 1 heterocycles. The zero-order valence-corrected chi connectivity index (χ0v) is 22.2. The van der Waals surface area contributed by atoms with Gasteiger partial charge in [0.15, 0.2) is 0 Å². The van der Waals surface area contributed by atoms with E-state index < -0.39 is 0 Å². The number of amides is 2. The number of likely N-dealkylation sites (tertiary alicyclic amines) is 1. The molecule has 1 aliphatic heterocycles. The zero-order valence-electron chi connectivity index (χ0n) is 20.7. The van der Waals surface area contributed by atoms with Gasteiger partial charge in [0.05, 0.1) is 53.1 Å². The maximum atomic E-state index is 12.7. The number of piperidine rings is 1. The molecule has 1 aliphatic rings. The SMILES string of the molecule is N#Cc1cccc(N(Br)C(=O)NCCC[N+]2(Cc3ccccc3)CCC(Cc3ccccc3)CC2)c1. The van der Waals surface area contributed by atoms with Gasteiger partial charge in [-0.25, -0.2) is 8.72 Å². The van der Waals surface area contributed by atoms with Crippen LogP contribution in [0.4, 0.5) is 10.5 Å². The molecule has 186 valence electrons. The molecule has 0 atom stereocenters. The van der Waals surface area contributed by atoms with Crippen LogP contribution in [0.25, 0.3) is 0 Å². The Hall–Kier alpha value is -3.14. The first-order valence-corrected chi connectivity index (χ1v) is 13.4. The van der Waals surface area contributed by atoms with Gasteiger partial charge in [-0.1, -0.05) is 66.7 Å². The fraction of sp³-hybridized carbons (Fsp3) is 0.333. The van der Waals surface area contributed by atoms with Gasteiger partial charge in [-0.05, 0) is 48.9 Å². The van der Waals surface area contributed by atoms with Crippen molar-refractivity contribution >= 4 is 27.9 Å². The fourth-order valence-corrected chi connectivity index (χ4v) is 5.59. The number of carbonyl (C=O) groups is 1. The van der Waals surface area contributed by atoms with Crippen molar-refractivity contribution in [2.24, 2.45) is 5.92 Å². The van der Waals surface area contributed by atoms with Crippen LogP contribution < -0.4 is 9.24 Å². The molecule has 0 spiro atoms. The van der Waals surface area contributed by atoms with Crippen molar-refractivity contribution in [3.05, 3.63) is 102 Å². The summed E-state index contributed by atoms with van der Waals surface area (Å²) in [6.07, 6.45) is 4.55. The van der Waals surface area contributed by atoms with Gasteiger partial charge in [0.25, 0.3) is 0 Å². The van der Waals surface area contributed by atoms with E-state index in [2.05, 4.69) is 88.2 Å². The number of quaternary nitrogens is 1. The second kappa shape index (κ2) is 12.7. The van der Waals surface area contributed by atoms with Gasteiger partial charge in [0, 0.05) is 18.5 Å². The minimum Gasteiger partial charge on any atom is -0.337 e. The van der Waals surface area contributed by atoms with Crippen LogP contribution in [0.15, 0.2) is 84.9 Å². The van der Waals surface area contributed by atoms with Crippen molar-refractivity contribution in [2.75, 3.05) is 30.1 Å². The molecule has 1 saturated heterocycles. The number of nitriles is 1. The molecule has 36 heavy (non-hydrogen) atoms. The maximum Gasteiger partial charge on any atom is 0.332 e. The van der Waals surface area contributed by atoms with Gasteiger partial charge in [-0.2, -0.15) is 5.26 Å². The lowest BCUT2D eigenvalue weighted by Crippen LogP contribution is -2.53. The Morgan fingerprint density at radius 2 is 1.64 bits per heavy atom. The van der Waals surface area contributed by atoms with Gasteiger partial charge >= 0.3 is 6.03 Å². The maximum absolute atomic E-state index is 12.7. The van der Waals surface area contributed by atoms with Crippen LogP contribution in [0.5, 0.6) is 0 Å². The van der Waals surface area contributed by atoms with Crippen LogP contribution in [-0.4, -0.2) is 36.7 Å². The highest BCUT2D eigenvalue weighted by atomic mass is 79.9. The fourth-order valence-electron chi connectivity index (χ4n) is 5.25. The molecule has 0 aromatic heterocycles. The van der Waals surface area contributed by atoms with Gasteiger partial charge in [0.2, 0.25) is 0 Å². The predicted molar refractivity (Wildman–Crippen MR) is 148 cm³/mol. The van der Waals surface area contributed by atoms with E-state index in [9.17, 15) is 4.79 Å². The van der Waals surface area contributed by atoms with E-state index in [1.165, 1.54) is 41.0 Å². The van der Waals surface area contributed by atoms with Crippen LogP contribution in [0.1, 0.15) is 36.0 Å². The lowest BCUT2D eigenvalue weighted by molar-refractivity contribution is -0.946. The summed E-state index contributed by atoms with van der Waals surface area (Å²) in [5.41, 5.74) is 3.98. The molecule has 6 heteroatoms. The van der Waals surface area contributed by atoms with Crippen molar-refractivity contribution in [1.82, 2.24) is 5.32 Å². The second-order valence-electron chi connectivity index (χ2n) is 9.82. The molecule has 2 amide bonds. The number of anilines is 1. The Morgan fingerprint density at radius 1 is 0.972 bits per heavy atom. The molecule has 3 aromatic rings. The number of benzene rings is 3. The van der Waals surface area contributed by atoms with Gasteiger partial charge in [0.1, 0.15) is 6.54 Å². The number of carbonyl (C=O) groups excluding carboxylic acids is 1. The van der Waals surface area contributed by atoms with Crippen LogP contribution >= 0.6 is 16.1 Å². The summed E-state index contributed by atoms with van der Waals surface area (Å²) in [5, 5.41) is 12.1. The Bertz CT molecular complexity index is 1150. The number of urea groups is 1. The lowest BCUT2D eigenvalue weighted by Gasteiger charge is -2.44. The van der Waals surface area contributed by atoms with E-state index >= 15 is 0 Å². The number of nitrogens with zero attached hydrogens (tertiary/aromatic N) is 3. The molecule has 0 aliphatic carbocycles. The first kappa shape index (κ1) is 25.9. The number of rotatable bonds is 9. The topological polar surface area (TPSA) is 56.1 Å².